The molecule has 2 heterocycles. The molecular formula is C20H21FN4O2. The first-order valence-corrected chi connectivity index (χ1v) is 8.84. The molecule has 1 saturated heterocycles. The van der Waals surface area contributed by atoms with E-state index in [1.54, 1.807) is 23.9 Å². The van der Waals surface area contributed by atoms with Crippen LogP contribution >= 0.6 is 0 Å². The first-order chi connectivity index (χ1) is 13.2. The number of ether oxygens (including phenoxy) is 2. The maximum absolute atomic E-state index is 13.0. The van der Waals surface area contributed by atoms with Crippen LogP contribution in [0.2, 0.25) is 0 Å². The van der Waals surface area contributed by atoms with Crippen molar-refractivity contribution in [2.45, 2.75) is 19.3 Å². The van der Waals surface area contributed by atoms with Crippen molar-refractivity contribution in [1.29, 1.82) is 0 Å². The standard InChI is InChI=1S/C20H21FN4O2/c1-26-18-8-4-15(5-9-18)12-24-10-11-27-20(24)19-14-25(23-22-19)13-16-2-6-17(21)7-3-16/h2-9,14,20H,10-13H2,1H3/t20-/m1/s1. The second-order valence-electron chi connectivity index (χ2n) is 6.51. The van der Waals surface area contributed by atoms with Gasteiger partial charge in [-0.15, -0.1) is 5.10 Å². The Morgan fingerprint density at radius 2 is 1.78 bits per heavy atom. The Hall–Kier alpha value is -2.77. The number of rotatable bonds is 6. The summed E-state index contributed by atoms with van der Waals surface area (Å²) in [6.07, 6.45) is 1.68. The fraction of sp³-hybridized carbons (Fsp3) is 0.300. The molecule has 7 heteroatoms. The van der Waals surface area contributed by atoms with Crippen molar-refractivity contribution in [2.24, 2.45) is 0 Å². The fourth-order valence-corrected chi connectivity index (χ4v) is 3.18. The summed E-state index contributed by atoms with van der Waals surface area (Å²) in [6.45, 7) is 2.80. The van der Waals surface area contributed by atoms with E-state index in [4.69, 9.17) is 9.47 Å². The van der Waals surface area contributed by atoms with E-state index in [-0.39, 0.29) is 12.0 Å². The molecule has 0 aliphatic carbocycles. The molecule has 0 unspecified atom stereocenters. The normalized spacial score (nSPS) is 17.3. The number of halogens is 1. The third-order valence-corrected chi connectivity index (χ3v) is 4.60. The Morgan fingerprint density at radius 3 is 2.52 bits per heavy atom. The van der Waals surface area contributed by atoms with Gasteiger partial charge in [0.2, 0.25) is 0 Å². The molecule has 0 N–H and O–H groups in total. The second kappa shape index (κ2) is 7.85. The number of hydrogen-bond acceptors (Lipinski definition) is 5. The molecule has 1 aliphatic rings. The van der Waals surface area contributed by atoms with Crippen LogP contribution < -0.4 is 4.74 Å². The molecule has 1 fully saturated rings. The van der Waals surface area contributed by atoms with Gasteiger partial charge in [-0.25, -0.2) is 9.07 Å². The molecular weight excluding hydrogens is 347 g/mol. The van der Waals surface area contributed by atoms with Crippen molar-refractivity contribution in [2.75, 3.05) is 20.3 Å². The summed E-state index contributed by atoms with van der Waals surface area (Å²) < 4.78 is 25.9. The molecule has 27 heavy (non-hydrogen) atoms. The van der Waals surface area contributed by atoms with Gasteiger partial charge in [0.25, 0.3) is 0 Å². The zero-order valence-electron chi connectivity index (χ0n) is 15.1. The van der Waals surface area contributed by atoms with E-state index >= 15 is 0 Å². The van der Waals surface area contributed by atoms with Crippen LogP contribution in [0, 0.1) is 5.82 Å². The monoisotopic (exact) mass is 368 g/mol. The molecule has 0 radical (unpaired) electrons. The topological polar surface area (TPSA) is 52.4 Å². The van der Waals surface area contributed by atoms with Crippen LogP contribution in [0.15, 0.2) is 54.7 Å². The summed E-state index contributed by atoms with van der Waals surface area (Å²) >= 11 is 0. The van der Waals surface area contributed by atoms with E-state index in [1.807, 2.05) is 18.3 Å². The number of aromatic nitrogens is 3. The molecule has 4 rings (SSSR count). The van der Waals surface area contributed by atoms with Gasteiger partial charge in [-0.3, -0.25) is 4.90 Å². The predicted octanol–water partition coefficient (Wildman–Crippen LogP) is 3.01. The van der Waals surface area contributed by atoms with E-state index in [0.717, 1.165) is 30.1 Å². The third-order valence-electron chi connectivity index (χ3n) is 4.60. The summed E-state index contributed by atoms with van der Waals surface area (Å²) in [5, 5.41) is 8.48. The molecule has 1 atom stereocenters. The molecule has 140 valence electrons. The van der Waals surface area contributed by atoms with Crippen molar-refractivity contribution in [3.63, 3.8) is 0 Å². The maximum atomic E-state index is 13.0. The predicted molar refractivity (Wildman–Crippen MR) is 97.6 cm³/mol. The van der Waals surface area contributed by atoms with Gasteiger partial charge in [0.1, 0.15) is 17.3 Å². The van der Waals surface area contributed by atoms with Crippen LogP contribution in [0.4, 0.5) is 4.39 Å². The molecule has 3 aromatic rings. The molecule has 6 nitrogen and oxygen atoms in total. The first kappa shape index (κ1) is 17.6. The largest absolute Gasteiger partial charge is 0.497 e. The average molecular weight is 368 g/mol. The molecule has 0 amide bonds. The van der Waals surface area contributed by atoms with Gasteiger partial charge in [-0.1, -0.05) is 29.5 Å². The van der Waals surface area contributed by atoms with Gasteiger partial charge in [-0.2, -0.15) is 0 Å². The smallest absolute Gasteiger partial charge is 0.157 e. The summed E-state index contributed by atoms with van der Waals surface area (Å²) in [6, 6.07) is 14.4. The van der Waals surface area contributed by atoms with E-state index in [2.05, 4.69) is 27.3 Å². The summed E-state index contributed by atoms with van der Waals surface area (Å²) in [5.41, 5.74) is 2.93. The number of benzene rings is 2. The summed E-state index contributed by atoms with van der Waals surface area (Å²) in [4.78, 5) is 2.23. The number of hydrogen-bond donors (Lipinski definition) is 0. The zero-order chi connectivity index (χ0) is 18.6. The van der Waals surface area contributed by atoms with Crippen molar-refractivity contribution in [3.05, 3.63) is 77.4 Å². The van der Waals surface area contributed by atoms with Crippen LogP contribution in [0.5, 0.6) is 5.75 Å². The van der Waals surface area contributed by atoms with E-state index < -0.39 is 0 Å². The minimum absolute atomic E-state index is 0.214. The van der Waals surface area contributed by atoms with E-state index in [1.165, 1.54) is 17.7 Å². The van der Waals surface area contributed by atoms with Crippen LogP contribution in [-0.2, 0) is 17.8 Å². The van der Waals surface area contributed by atoms with Crippen LogP contribution in [0.1, 0.15) is 23.0 Å². The molecule has 1 aromatic heterocycles. The zero-order valence-corrected chi connectivity index (χ0v) is 15.1. The van der Waals surface area contributed by atoms with Crippen molar-refractivity contribution >= 4 is 0 Å². The minimum atomic E-state index is -0.244. The maximum Gasteiger partial charge on any atom is 0.157 e. The van der Waals surface area contributed by atoms with Gasteiger partial charge in [0.05, 0.1) is 26.5 Å². The highest BCUT2D eigenvalue weighted by atomic mass is 19.1. The molecule has 2 aromatic carbocycles. The molecule has 0 spiro atoms. The number of methoxy groups -OCH3 is 1. The SMILES string of the molecule is COc1ccc(CN2CCO[C@@H]2c2cn(Cc3ccc(F)cc3)nn2)cc1. The fourth-order valence-electron chi connectivity index (χ4n) is 3.18. The second-order valence-corrected chi connectivity index (χ2v) is 6.51. The minimum Gasteiger partial charge on any atom is -0.497 e. The van der Waals surface area contributed by atoms with E-state index in [0.29, 0.717) is 13.2 Å². The Bertz CT molecular complexity index is 880. The lowest BCUT2D eigenvalue weighted by Crippen LogP contribution is -2.23. The molecule has 0 bridgehead atoms. The van der Waals surface area contributed by atoms with Crippen LogP contribution in [-0.4, -0.2) is 40.2 Å². The Morgan fingerprint density at radius 1 is 1.07 bits per heavy atom. The summed E-state index contributed by atoms with van der Waals surface area (Å²) in [5.74, 6) is 0.600. The molecule has 1 aliphatic heterocycles. The van der Waals surface area contributed by atoms with Gasteiger partial charge < -0.3 is 9.47 Å². The first-order valence-electron chi connectivity index (χ1n) is 8.84. The number of nitrogens with zero attached hydrogens (tertiary/aromatic N) is 4. The van der Waals surface area contributed by atoms with Gasteiger partial charge in [0, 0.05) is 13.1 Å². The average Bonchev–Trinajstić information content (AvgIpc) is 3.33. The lowest BCUT2D eigenvalue weighted by atomic mass is 10.2. The Labute approximate surface area is 157 Å². The highest BCUT2D eigenvalue weighted by molar-refractivity contribution is 5.27. The third kappa shape index (κ3) is 4.15. The van der Waals surface area contributed by atoms with Crippen molar-refractivity contribution in [1.82, 2.24) is 19.9 Å². The van der Waals surface area contributed by atoms with E-state index in [9.17, 15) is 4.39 Å². The van der Waals surface area contributed by atoms with Crippen LogP contribution in [0.25, 0.3) is 0 Å². The van der Waals surface area contributed by atoms with Crippen molar-refractivity contribution < 1.29 is 13.9 Å². The Balaban J connectivity index is 1.43. The Kier molecular flexibility index (Phi) is 5.13. The summed E-state index contributed by atoms with van der Waals surface area (Å²) in [7, 11) is 1.66. The van der Waals surface area contributed by atoms with Gasteiger partial charge >= 0.3 is 0 Å². The van der Waals surface area contributed by atoms with Gasteiger partial charge in [0.15, 0.2) is 6.23 Å². The highest BCUT2D eigenvalue weighted by Crippen LogP contribution is 2.27. The molecule has 0 saturated carbocycles. The van der Waals surface area contributed by atoms with Gasteiger partial charge in [-0.05, 0) is 35.4 Å². The quantitative estimate of drug-likeness (QED) is 0.670. The van der Waals surface area contributed by atoms with Crippen molar-refractivity contribution in [3.8, 4) is 5.75 Å². The highest BCUT2D eigenvalue weighted by Gasteiger charge is 2.29. The lowest BCUT2D eigenvalue weighted by molar-refractivity contribution is 0.0252. The van der Waals surface area contributed by atoms with Crippen LogP contribution in [0.3, 0.4) is 0 Å². The lowest BCUT2D eigenvalue weighted by Gasteiger charge is -2.21.